The zero-order valence-corrected chi connectivity index (χ0v) is 14.6. The summed E-state index contributed by atoms with van der Waals surface area (Å²) in [5, 5.41) is 1.28. The smallest absolute Gasteiger partial charge is 0.0967 e. The number of benzene rings is 2. The van der Waals surface area contributed by atoms with Crippen LogP contribution in [0, 0.1) is 6.92 Å². The standard InChI is InChI=1S/C18H20N2S2/c1-3-20(14-8-6-7-13(2)11-14)18(21)12-17-19-15-9-4-5-10-16(15)22-17/h4-11,18,21H,3,12H2,1-2H3. The Kier molecular flexibility index (Phi) is 4.69. The van der Waals surface area contributed by atoms with E-state index in [1.54, 1.807) is 11.3 Å². The number of nitrogens with zero attached hydrogens (tertiary/aromatic N) is 2. The lowest BCUT2D eigenvalue weighted by atomic mass is 10.2. The van der Waals surface area contributed by atoms with Crippen LogP contribution in [-0.4, -0.2) is 16.9 Å². The molecular formula is C18H20N2S2. The molecule has 0 N–H and O–H groups in total. The van der Waals surface area contributed by atoms with Crippen molar-refractivity contribution in [3.8, 4) is 0 Å². The van der Waals surface area contributed by atoms with Crippen molar-refractivity contribution in [3.63, 3.8) is 0 Å². The second-order valence-electron chi connectivity index (χ2n) is 5.39. The van der Waals surface area contributed by atoms with Gasteiger partial charge in [-0.1, -0.05) is 24.3 Å². The van der Waals surface area contributed by atoms with Crippen LogP contribution in [0.25, 0.3) is 10.2 Å². The molecule has 4 heteroatoms. The molecule has 0 bridgehead atoms. The zero-order chi connectivity index (χ0) is 15.5. The Hall–Kier alpha value is -1.52. The molecule has 0 aliphatic heterocycles. The summed E-state index contributed by atoms with van der Waals surface area (Å²) < 4.78 is 1.25. The highest BCUT2D eigenvalue weighted by molar-refractivity contribution is 7.81. The summed E-state index contributed by atoms with van der Waals surface area (Å²) in [6, 6.07) is 16.9. The van der Waals surface area contributed by atoms with Crippen molar-refractivity contribution >= 4 is 39.9 Å². The Labute approximate surface area is 141 Å². The molecule has 0 aliphatic rings. The van der Waals surface area contributed by atoms with Crippen LogP contribution in [0.15, 0.2) is 48.5 Å². The van der Waals surface area contributed by atoms with Gasteiger partial charge in [-0.3, -0.25) is 0 Å². The van der Waals surface area contributed by atoms with Crippen molar-refractivity contribution in [1.29, 1.82) is 0 Å². The summed E-state index contributed by atoms with van der Waals surface area (Å²) in [4.78, 5) is 7.05. The summed E-state index contributed by atoms with van der Waals surface area (Å²) in [5.74, 6) is 0. The zero-order valence-electron chi connectivity index (χ0n) is 12.9. The predicted octanol–water partition coefficient (Wildman–Crippen LogP) is 4.93. The van der Waals surface area contributed by atoms with Gasteiger partial charge in [0, 0.05) is 18.7 Å². The second kappa shape index (κ2) is 6.71. The summed E-state index contributed by atoms with van der Waals surface area (Å²) in [7, 11) is 0. The van der Waals surface area contributed by atoms with Crippen molar-refractivity contribution in [2.75, 3.05) is 11.4 Å². The van der Waals surface area contributed by atoms with Crippen molar-refractivity contribution in [3.05, 3.63) is 59.1 Å². The van der Waals surface area contributed by atoms with E-state index in [0.717, 1.165) is 23.5 Å². The van der Waals surface area contributed by atoms with E-state index in [1.165, 1.54) is 16.0 Å². The average Bonchev–Trinajstić information content (AvgIpc) is 2.90. The maximum Gasteiger partial charge on any atom is 0.0967 e. The number of rotatable bonds is 5. The lowest BCUT2D eigenvalue weighted by Gasteiger charge is -2.29. The molecule has 3 aromatic rings. The van der Waals surface area contributed by atoms with E-state index in [0.29, 0.717) is 0 Å². The second-order valence-corrected chi connectivity index (χ2v) is 7.10. The Morgan fingerprint density at radius 3 is 2.73 bits per heavy atom. The van der Waals surface area contributed by atoms with Crippen LogP contribution in [0.3, 0.4) is 0 Å². The van der Waals surface area contributed by atoms with Crippen LogP contribution in [0.4, 0.5) is 5.69 Å². The molecule has 2 aromatic carbocycles. The Bertz CT molecular complexity index is 733. The molecule has 1 unspecified atom stereocenters. The van der Waals surface area contributed by atoms with Gasteiger partial charge in [-0.2, -0.15) is 12.6 Å². The highest BCUT2D eigenvalue weighted by Gasteiger charge is 2.16. The van der Waals surface area contributed by atoms with Crippen LogP contribution in [0.1, 0.15) is 17.5 Å². The van der Waals surface area contributed by atoms with Gasteiger partial charge in [0.25, 0.3) is 0 Å². The largest absolute Gasteiger partial charge is 0.360 e. The fourth-order valence-corrected chi connectivity index (χ4v) is 4.24. The third-order valence-corrected chi connectivity index (χ3v) is 5.25. The lowest BCUT2D eigenvalue weighted by Crippen LogP contribution is -2.32. The van der Waals surface area contributed by atoms with Crippen LogP contribution in [-0.2, 0) is 6.42 Å². The summed E-state index contributed by atoms with van der Waals surface area (Å²) in [5.41, 5.74) is 3.58. The molecule has 0 amide bonds. The molecule has 0 aliphatic carbocycles. The summed E-state index contributed by atoms with van der Waals surface area (Å²) in [6.07, 6.45) is 0.851. The predicted molar refractivity (Wildman–Crippen MR) is 100 cm³/mol. The molecule has 1 aromatic heterocycles. The van der Waals surface area contributed by atoms with Gasteiger partial charge in [-0.15, -0.1) is 11.3 Å². The highest BCUT2D eigenvalue weighted by Crippen LogP contribution is 2.26. The minimum absolute atomic E-state index is 0.132. The van der Waals surface area contributed by atoms with Crippen molar-refractivity contribution in [2.24, 2.45) is 0 Å². The number of hydrogen-bond acceptors (Lipinski definition) is 4. The molecule has 0 radical (unpaired) electrons. The molecule has 0 fully saturated rings. The fourth-order valence-electron chi connectivity index (χ4n) is 2.65. The van der Waals surface area contributed by atoms with Crippen LogP contribution < -0.4 is 4.90 Å². The van der Waals surface area contributed by atoms with E-state index in [2.05, 4.69) is 61.2 Å². The maximum atomic E-state index is 4.84. The van der Waals surface area contributed by atoms with Crippen molar-refractivity contribution in [1.82, 2.24) is 4.98 Å². The number of aryl methyl sites for hydroxylation is 1. The van der Waals surface area contributed by atoms with Crippen LogP contribution >= 0.6 is 24.0 Å². The molecule has 1 atom stereocenters. The molecule has 114 valence electrons. The number of anilines is 1. The molecule has 0 spiro atoms. The molecule has 0 saturated heterocycles. The quantitative estimate of drug-likeness (QED) is 0.528. The number of hydrogen-bond donors (Lipinski definition) is 1. The van der Waals surface area contributed by atoms with Gasteiger partial charge in [0.05, 0.1) is 20.6 Å². The Morgan fingerprint density at radius 2 is 2.00 bits per heavy atom. The maximum absolute atomic E-state index is 4.84. The first-order valence-electron chi connectivity index (χ1n) is 7.53. The third-order valence-electron chi connectivity index (χ3n) is 3.73. The monoisotopic (exact) mass is 328 g/mol. The summed E-state index contributed by atoms with van der Waals surface area (Å²) >= 11 is 6.60. The first-order valence-corrected chi connectivity index (χ1v) is 8.86. The number of likely N-dealkylation sites (N-methyl/N-ethyl adjacent to an activating group) is 1. The summed E-state index contributed by atoms with van der Waals surface area (Å²) in [6.45, 7) is 5.23. The number of aromatic nitrogens is 1. The van der Waals surface area contributed by atoms with E-state index in [4.69, 9.17) is 17.6 Å². The van der Waals surface area contributed by atoms with Gasteiger partial charge in [0.15, 0.2) is 0 Å². The van der Waals surface area contributed by atoms with E-state index in [-0.39, 0.29) is 5.37 Å². The Balaban J connectivity index is 1.80. The molecule has 2 nitrogen and oxygen atoms in total. The fraction of sp³-hybridized carbons (Fsp3) is 0.278. The lowest BCUT2D eigenvalue weighted by molar-refractivity contribution is 0.764. The van der Waals surface area contributed by atoms with E-state index >= 15 is 0 Å². The van der Waals surface area contributed by atoms with Crippen molar-refractivity contribution < 1.29 is 0 Å². The average molecular weight is 329 g/mol. The number of thiazole rings is 1. The van der Waals surface area contributed by atoms with Gasteiger partial charge in [-0.05, 0) is 43.7 Å². The normalized spacial score (nSPS) is 12.5. The third kappa shape index (κ3) is 3.28. The Morgan fingerprint density at radius 1 is 1.18 bits per heavy atom. The van der Waals surface area contributed by atoms with Gasteiger partial charge < -0.3 is 4.90 Å². The first kappa shape index (κ1) is 15.4. The molecule has 3 rings (SSSR count). The minimum atomic E-state index is 0.132. The molecular weight excluding hydrogens is 308 g/mol. The molecule has 1 heterocycles. The number of fused-ring (bicyclic) bond motifs is 1. The first-order chi connectivity index (χ1) is 10.7. The van der Waals surface area contributed by atoms with E-state index < -0.39 is 0 Å². The van der Waals surface area contributed by atoms with Gasteiger partial charge >= 0.3 is 0 Å². The molecule has 0 saturated carbocycles. The highest BCUT2D eigenvalue weighted by atomic mass is 32.1. The van der Waals surface area contributed by atoms with E-state index in [9.17, 15) is 0 Å². The van der Waals surface area contributed by atoms with E-state index in [1.807, 2.05) is 6.07 Å². The van der Waals surface area contributed by atoms with Gasteiger partial charge in [-0.25, -0.2) is 4.98 Å². The number of para-hydroxylation sites is 1. The van der Waals surface area contributed by atoms with Crippen molar-refractivity contribution in [2.45, 2.75) is 25.6 Å². The topological polar surface area (TPSA) is 16.1 Å². The number of thiol groups is 1. The van der Waals surface area contributed by atoms with Gasteiger partial charge in [0.1, 0.15) is 0 Å². The van der Waals surface area contributed by atoms with Crippen LogP contribution in [0.2, 0.25) is 0 Å². The molecule has 22 heavy (non-hydrogen) atoms. The van der Waals surface area contributed by atoms with Crippen LogP contribution in [0.5, 0.6) is 0 Å². The SMILES string of the molecule is CCN(c1cccc(C)c1)C(S)Cc1nc2ccccc2s1. The van der Waals surface area contributed by atoms with Gasteiger partial charge in [0.2, 0.25) is 0 Å². The minimum Gasteiger partial charge on any atom is -0.360 e.